The molecule has 0 bridgehead atoms. The zero-order valence-corrected chi connectivity index (χ0v) is 10.1. The van der Waals surface area contributed by atoms with E-state index in [1.54, 1.807) is 0 Å². The van der Waals surface area contributed by atoms with Crippen molar-refractivity contribution in [3.8, 4) is 0 Å². The molecule has 0 heterocycles. The van der Waals surface area contributed by atoms with E-state index < -0.39 is 11.7 Å². The molecule has 2 fully saturated rings. The van der Waals surface area contributed by atoms with Gasteiger partial charge in [0, 0.05) is 6.04 Å². The summed E-state index contributed by atoms with van der Waals surface area (Å²) in [6.45, 7) is 6.33. The fraction of sp³-hybridized carbons (Fsp3) is 1.00. The van der Waals surface area contributed by atoms with Crippen molar-refractivity contribution in [2.24, 2.45) is 11.3 Å². The molecule has 0 spiro atoms. The van der Waals surface area contributed by atoms with Crippen molar-refractivity contribution in [2.45, 2.75) is 64.2 Å². The zero-order valence-electron chi connectivity index (χ0n) is 10.1. The summed E-state index contributed by atoms with van der Waals surface area (Å²) >= 11 is 0. The Bertz CT molecular complexity index is 278. The summed E-state index contributed by atoms with van der Waals surface area (Å²) in [7, 11) is 0. The van der Waals surface area contributed by atoms with Gasteiger partial charge in [0.1, 0.15) is 5.54 Å². The van der Waals surface area contributed by atoms with Crippen molar-refractivity contribution in [3.05, 3.63) is 0 Å². The Kier molecular flexibility index (Phi) is 2.58. The highest BCUT2D eigenvalue weighted by Crippen LogP contribution is 2.51. The standard InChI is InChI=1S/C12H20F3N/c1-8-6-10(2,3)7-9(8)16-11(4-5-11)12(13,14)15/h8-9,16H,4-7H2,1-3H3. The quantitative estimate of drug-likeness (QED) is 0.772. The Hall–Kier alpha value is -0.250. The van der Waals surface area contributed by atoms with Gasteiger partial charge in [0.15, 0.2) is 0 Å². The number of nitrogens with one attached hydrogen (secondary N) is 1. The van der Waals surface area contributed by atoms with Crippen LogP contribution in [0.25, 0.3) is 0 Å². The van der Waals surface area contributed by atoms with E-state index in [2.05, 4.69) is 26.1 Å². The highest BCUT2D eigenvalue weighted by atomic mass is 19.4. The van der Waals surface area contributed by atoms with Crippen molar-refractivity contribution in [1.82, 2.24) is 5.32 Å². The monoisotopic (exact) mass is 235 g/mol. The summed E-state index contributed by atoms with van der Waals surface area (Å²) in [5.74, 6) is 0.342. The van der Waals surface area contributed by atoms with Gasteiger partial charge in [0.25, 0.3) is 0 Å². The van der Waals surface area contributed by atoms with Crippen molar-refractivity contribution in [2.75, 3.05) is 0 Å². The second-order valence-corrected chi connectivity index (χ2v) is 6.38. The van der Waals surface area contributed by atoms with Crippen molar-refractivity contribution in [1.29, 1.82) is 0 Å². The SMILES string of the molecule is CC1CC(C)(C)CC1NC1(C(F)(F)F)CC1. The van der Waals surface area contributed by atoms with Crippen LogP contribution in [0.15, 0.2) is 0 Å². The van der Waals surface area contributed by atoms with Crippen LogP contribution in [-0.2, 0) is 0 Å². The van der Waals surface area contributed by atoms with Crippen molar-refractivity contribution >= 4 is 0 Å². The lowest BCUT2D eigenvalue weighted by Gasteiger charge is -2.27. The maximum Gasteiger partial charge on any atom is 0.406 e. The molecule has 94 valence electrons. The molecule has 1 nitrogen and oxygen atoms in total. The molecular weight excluding hydrogens is 215 g/mol. The molecule has 2 aliphatic carbocycles. The average molecular weight is 235 g/mol. The Balaban J connectivity index is 2.01. The van der Waals surface area contributed by atoms with Crippen LogP contribution in [0.1, 0.15) is 46.5 Å². The predicted molar refractivity (Wildman–Crippen MR) is 57.1 cm³/mol. The number of hydrogen-bond acceptors (Lipinski definition) is 1. The van der Waals surface area contributed by atoms with Gasteiger partial charge in [-0.15, -0.1) is 0 Å². The van der Waals surface area contributed by atoms with Crippen LogP contribution >= 0.6 is 0 Å². The topological polar surface area (TPSA) is 12.0 Å². The fourth-order valence-corrected chi connectivity index (χ4v) is 3.08. The van der Waals surface area contributed by atoms with Gasteiger partial charge in [-0.25, -0.2) is 0 Å². The fourth-order valence-electron chi connectivity index (χ4n) is 3.08. The molecule has 0 aromatic rings. The minimum atomic E-state index is -4.08. The summed E-state index contributed by atoms with van der Waals surface area (Å²) in [6, 6.07) is 0.0270. The minimum Gasteiger partial charge on any atom is -0.301 e. The molecule has 2 atom stereocenters. The lowest BCUT2D eigenvalue weighted by atomic mass is 9.91. The lowest BCUT2D eigenvalue weighted by Crippen LogP contribution is -2.50. The van der Waals surface area contributed by atoms with Crippen molar-refractivity contribution < 1.29 is 13.2 Å². The molecule has 0 aromatic heterocycles. The number of rotatable bonds is 2. The van der Waals surface area contributed by atoms with Gasteiger partial charge in [-0.05, 0) is 37.0 Å². The van der Waals surface area contributed by atoms with E-state index in [9.17, 15) is 13.2 Å². The Morgan fingerprint density at radius 3 is 2.00 bits per heavy atom. The molecule has 2 rings (SSSR count). The molecule has 16 heavy (non-hydrogen) atoms. The zero-order chi connectivity index (χ0) is 12.2. The summed E-state index contributed by atoms with van der Waals surface area (Å²) in [6.07, 6.45) is -1.72. The molecule has 0 aromatic carbocycles. The van der Waals surface area contributed by atoms with E-state index in [1.807, 2.05) is 0 Å². The molecule has 0 aliphatic heterocycles. The van der Waals surface area contributed by atoms with Crippen LogP contribution in [0.5, 0.6) is 0 Å². The summed E-state index contributed by atoms with van der Waals surface area (Å²) < 4.78 is 38.4. The lowest BCUT2D eigenvalue weighted by molar-refractivity contribution is -0.168. The van der Waals surface area contributed by atoms with Gasteiger partial charge in [-0.3, -0.25) is 0 Å². The van der Waals surface area contributed by atoms with Crippen LogP contribution < -0.4 is 5.32 Å². The molecule has 0 amide bonds. The molecular formula is C12H20F3N. The Labute approximate surface area is 94.8 Å². The minimum absolute atomic E-state index is 0.0270. The van der Waals surface area contributed by atoms with Crippen LogP contribution in [0, 0.1) is 11.3 Å². The smallest absolute Gasteiger partial charge is 0.301 e. The first-order chi connectivity index (χ1) is 7.15. The first-order valence-corrected chi connectivity index (χ1v) is 6.00. The average Bonchev–Trinajstić information content (AvgIpc) is 2.76. The maximum atomic E-state index is 12.8. The molecule has 2 saturated carbocycles. The van der Waals surface area contributed by atoms with Gasteiger partial charge in [-0.1, -0.05) is 20.8 Å². The van der Waals surface area contributed by atoms with Gasteiger partial charge in [0.2, 0.25) is 0 Å². The van der Waals surface area contributed by atoms with Gasteiger partial charge in [-0.2, -0.15) is 13.2 Å². The van der Waals surface area contributed by atoms with Crippen LogP contribution in [0.2, 0.25) is 0 Å². The summed E-state index contributed by atoms with van der Waals surface area (Å²) in [5, 5.41) is 2.89. The predicted octanol–water partition coefficient (Wildman–Crippen LogP) is 3.50. The summed E-state index contributed by atoms with van der Waals surface area (Å²) in [5.41, 5.74) is -1.37. The van der Waals surface area contributed by atoms with Crippen LogP contribution in [-0.4, -0.2) is 17.8 Å². The molecule has 2 unspecified atom stereocenters. The molecule has 4 heteroatoms. The van der Waals surface area contributed by atoms with E-state index in [0.717, 1.165) is 12.8 Å². The second-order valence-electron chi connectivity index (χ2n) is 6.38. The van der Waals surface area contributed by atoms with Crippen LogP contribution in [0.3, 0.4) is 0 Å². The van der Waals surface area contributed by atoms with E-state index in [0.29, 0.717) is 5.92 Å². The van der Waals surface area contributed by atoms with Gasteiger partial charge >= 0.3 is 6.18 Å². The first-order valence-electron chi connectivity index (χ1n) is 6.00. The maximum absolute atomic E-state index is 12.8. The summed E-state index contributed by atoms with van der Waals surface area (Å²) in [4.78, 5) is 0. The molecule has 2 aliphatic rings. The number of alkyl halides is 3. The van der Waals surface area contributed by atoms with Gasteiger partial charge < -0.3 is 5.32 Å². The Morgan fingerprint density at radius 2 is 1.69 bits per heavy atom. The van der Waals surface area contributed by atoms with E-state index in [1.165, 1.54) is 0 Å². The Morgan fingerprint density at radius 1 is 1.12 bits per heavy atom. The third kappa shape index (κ3) is 2.08. The van der Waals surface area contributed by atoms with Crippen molar-refractivity contribution in [3.63, 3.8) is 0 Å². The highest BCUT2D eigenvalue weighted by molar-refractivity contribution is 5.10. The van der Waals surface area contributed by atoms with Crippen LogP contribution in [0.4, 0.5) is 13.2 Å². The number of halogens is 3. The first kappa shape index (κ1) is 12.2. The highest BCUT2D eigenvalue weighted by Gasteiger charge is 2.64. The third-order valence-electron chi connectivity index (χ3n) is 4.09. The number of hydrogen-bond donors (Lipinski definition) is 1. The van der Waals surface area contributed by atoms with E-state index in [4.69, 9.17) is 0 Å². The second kappa shape index (κ2) is 3.37. The molecule has 1 N–H and O–H groups in total. The third-order valence-corrected chi connectivity index (χ3v) is 4.09. The van der Waals surface area contributed by atoms with E-state index in [-0.39, 0.29) is 24.3 Å². The van der Waals surface area contributed by atoms with E-state index >= 15 is 0 Å². The molecule has 0 radical (unpaired) electrons. The largest absolute Gasteiger partial charge is 0.406 e. The van der Waals surface area contributed by atoms with Gasteiger partial charge in [0.05, 0.1) is 0 Å². The normalized spacial score (nSPS) is 36.4. The molecule has 0 saturated heterocycles.